The summed E-state index contributed by atoms with van der Waals surface area (Å²) in [6.07, 6.45) is 1.75. The van der Waals surface area contributed by atoms with Crippen LogP contribution in [0.15, 0.2) is 42.6 Å². The number of hydrogen-bond acceptors (Lipinski definition) is 4. The van der Waals surface area contributed by atoms with E-state index in [1.54, 1.807) is 6.20 Å². The average molecular weight is 332 g/mol. The fourth-order valence-electron chi connectivity index (χ4n) is 1.84. The molecule has 124 valence electrons. The lowest BCUT2D eigenvalue weighted by molar-refractivity contribution is 0.462. The maximum atomic E-state index is 12.1. The summed E-state index contributed by atoms with van der Waals surface area (Å²) in [6, 6.07) is 11.6. The maximum absolute atomic E-state index is 12.1. The lowest BCUT2D eigenvalue weighted by atomic mass is 10.2. The van der Waals surface area contributed by atoms with Crippen molar-refractivity contribution in [2.45, 2.75) is 45.4 Å². The van der Waals surface area contributed by atoms with Crippen LogP contribution in [0, 0.1) is 6.92 Å². The van der Waals surface area contributed by atoms with E-state index in [1.165, 1.54) is 5.56 Å². The highest BCUT2D eigenvalue weighted by atomic mass is 32.2. The standard InChI is InChI=1S/C18H24N2O2S/c1-13-6-9-16(10-7-13)22-17-11-8-15(12-19-17)14(2)20-23(21)18(3,4)5/h6-12,14,20H,1-5H3/t14-,23?/m0/s1. The van der Waals surface area contributed by atoms with Gasteiger partial charge in [-0.1, -0.05) is 23.8 Å². The Labute approximate surface area is 141 Å². The highest BCUT2D eigenvalue weighted by molar-refractivity contribution is 7.90. The molecule has 0 saturated heterocycles. The molecule has 0 saturated carbocycles. The molecule has 5 heteroatoms. The van der Waals surface area contributed by atoms with Crippen LogP contribution in [-0.2, 0) is 11.4 Å². The van der Waals surface area contributed by atoms with Crippen LogP contribution in [-0.4, -0.2) is 14.3 Å². The zero-order valence-corrected chi connectivity index (χ0v) is 15.1. The molecule has 1 aromatic carbocycles. The van der Waals surface area contributed by atoms with Gasteiger partial charge >= 0.3 is 0 Å². The molecule has 0 radical (unpaired) electrons. The van der Waals surface area contributed by atoms with Crippen molar-refractivity contribution in [1.82, 2.24) is 9.71 Å². The van der Waals surface area contributed by atoms with Gasteiger partial charge in [-0.05, 0) is 52.3 Å². The number of benzene rings is 1. The molecule has 1 unspecified atom stereocenters. The summed E-state index contributed by atoms with van der Waals surface area (Å²) < 4.78 is 20.7. The number of aromatic nitrogens is 1. The molecule has 0 aliphatic heterocycles. The van der Waals surface area contributed by atoms with Crippen molar-refractivity contribution < 1.29 is 9.29 Å². The topological polar surface area (TPSA) is 57.2 Å². The van der Waals surface area contributed by atoms with Crippen LogP contribution in [0.4, 0.5) is 0 Å². The van der Waals surface area contributed by atoms with Crippen molar-refractivity contribution >= 4 is 11.4 Å². The SMILES string of the molecule is Cc1ccc(Oc2ccc([C@H](C)N[S+]([O-])C(C)(C)C)cn2)cc1. The minimum Gasteiger partial charge on any atom is -0.598 e. The summed E-state index contributed by atoms with van der Waals surface area (Å²) in [5, 5.41) is 0. The summed E-state index contributed by atoms with van der Waals surface area (Å²) in [6.45, 7) is 9.84. The molecule has 4 nitrogen and oxygen atoms in total. The Kier molecular flexibility index (Phi) is 5.68. The van der Waals surface area contributed by atoms with Crippen LogP contribution < -0.4 is 9.46 Å². The first-order valence-corrected chi connectivity index (χ1v) is 8.79. The Hall–Kier alpha value is -1.56. The van der Waals surface area contributed by atoms with Crippen LogP contribution in [0.2, 0.25) is 0 Å². The van der Waals surface area contributed by atoms with Crippen molar-refractivity contribution in [3.63, 3.8) is 0 Å². The molecular formula is C18H24N2O2S. The Balaban J connectivity index is 2.00. The van der Waals surface area contributed by atoms with Gasteiger partial charge in [0.05, 0.1) is 6.04 Å². The number of hydrogen-bond donors (Lipinski definition) is 1. The van der Waals surface area contributed by atoms with Gasteiger partial charge in [0, 0.05) is 23.6 Å². The van der Waals surface area contributed by atoms with E-state index >= 15 is 0 Å². The zero-order chi connectivity index (χ0) is 17.0. The van der Waals surface area contributed by atoms with Crippen molar-refractivity contribution in [2.75, 3.05) is 0 Å². The van der Waals surface area contributed by atoms with E-state index < -0.39 is 11.4 Å². The van der Waals surface area contributed by atoms with Crippen LogP contribution >= 0.6 is 0 Å². The quantitative estimate of drug-likeness (QED) is 0.830. The minimum atomic E-state index is -1.12. The molecular weight excluding hydrogens is 308 g/mol. The summed E-state index contributed by atoms with van der Waals surface area (Å²) in [7, 11) is 0. The van der Waals surface area contributed by atoms with E-state index in [2.05, 4.69) is 9.71 Å². The second-order valence-electron chi connectivity index (χ2n) is 6.57. The van der Waals surface area contributed by atoms with Gasteiger partial charge in [-0.3, -0.25) is 0 Å². The van der Waals surface area contributed by atoms with Crippen LogP contribution in [0.25, 0.3) is 0 Å². The van der Waals surface area contributed by atoms with Gasteiger partial charge in [0.2, 0.25) is 5.88 Å². The predicted molar refractivity (Wildman–Crippen MR) is 94.9 cm³/mol. The van der Waals surface area contributed by atoms with Gasteiger partial charge in [-0.15, -0.1) is 4.72 Å². The van der Waals surface area contributed by atoms with Crippen LogP contribution in [0.1, 0.15) is 44.9 Å². The summed E-state index contributed by atoms with van der Waals surface area (Å²) >= 11 is -1.12. The maximum Gasteiger partial charge on any atom is 0.219 e. The third kappa shape index (κ3) is 5.23. The lowest BCUT2D eigenvalue weighted by Crippen LogP contribution is -2.40. The molecule has 1 aromatic heterocycles. The second kappa shape index (κ2) is 7.34. The molecule has 1 N–H and O–H groups in total. The molecule has 23 heavy (non-hydrogen) atoms. The summed E-state index contributed by atoms with van der Waals surface area (Å²) in [5.74, 6) is 1.30. The molecule has 2 atom stereocenters. The Morgan fingerprint density at radius 2 is 1.78 bits per heavy atom. The molecule has 0 spiro atoms. The summed E-state index contributed by atoms with van der Waals surface area (Å²) in [5.41, 5.74) is 2.16. The van der Waals surface area contributed by atoms with Gasteiger partial charge in [-0.2, -0.15) is 0 Å². The molecule has 2 aromatic rings. The van der Waals surface area contributed by atoms with E-state index in [9.17, 15) is 4.55 Å². The van der Waals surface area contributed by atoms with Crippen LogP contribution in [0.3, 0.4) is 0 Å². The highest BCUT2D eigenvalue weighted by Gasteiger charge is 2.28. The first-order valence-electron chi connectivity index (χ1n) is 7.64. The first-order chi connectivity index (χ1) is 10.8. The Morgan fingerprint density at radius 1 is 1.13 bits per heavy atom. The number of rotatable bonds is 5. The van der Waals surface area contributed by atoms with Crippen molar-refractivity contribution in [3.05, 3.63) is 53.7 Å². The molecule has 2 rings (SSSR count). The van der Waals surface area contributed by atoms with E-state index in [1.807, 2.05) is 71.0 Å². The zero-order valence-electron chi connectivity index (χ0n) is 14.3. The Bertz CT molecular complexity index is 621. The number of nitrogens with one attached hydrogen (secondary N) is 1. The van der Waals surface area contributed by atoms with Crippen LogP contribution in [0.5, 0.6) is 11.6 Å². The molecule has 0 amide bonds. The minimum absolute atomic E-state index is 0.0454. The van der Waals surface area contributed by atoms with E-state index in [-0.39, 0.29) is 10.8 Å². The molecule has 1 heterocycles. The van der Waals surface area contributed by atoms with E-state index in [0.29, 0.717) is 5.88 Å². The molecule has 0 fully saturated rings. The number of ether oxygens (including phenoxy) is 1. The highest BCUT2D eigenvalue weighted by Crippen LogP contribution is 2.23. The van der Waals surface area contributed by atoms with Gasteiger partial charge in [-0.25, -0.2) is 4.98 Å². The van der Waals surface area contributed by atoms with Gasteiger partial charge in [0.15, 0.2) is 0 Å². The largest absolute Gasteiger partial charge is 0.598 e. The smallest absolute Gasteiger partial charge is 0.219 e. The fraction of sp³-hybridized carbons (Fsp3) is 0.389. The number of nitrogens with zero attached hydrogens (tertiary/aromatic N) is 1. The molecule has 0 bridgehead atoms. The lowest BCUT2D eigenvalue weighted by Gasteiger charge is -2.26. The van der Waals surface area contributed by atoms with Crippen molar-refractivity contribution in [1.29, 1.82) is 0 Å². The third-order valence-electron chi connectivity index (χ3n) is 3.34. The van der Waals surface area contributed by atoms with E-state index in [4.69, 9.17) is 4.74 Å². The summed E-state index contributed by atoms with van der Waals surface area (Å²) in [4.78, 5) is 4.33. The number of pyridine rings is 1. The predicted octanol–water partition coefficient (Wildman–Crippen LogP) is 4.30. The monoisotopic (exact) mass is 332 g/mol. The van der Waals surface area contributed by atoms with Gasteiger partial charge < -0.3 is 9.29 Å². The van der Waals surface area contributed by atoms with Crippen molar-refractivity contribution in [2.24, 2.45) is 0 Å². The Morgan fingerprint density at radius 3 is 2.30 bits per heavy atom. The number of aryl methyl sites for hydroxylation is 1. The third-order valence-corrected chi connectivity index (χ3v) is 5.02. The van der Waals surface area contributed by atoms with Crippen molar-refractivity contribution in [3.8, 4) is 11.6 Å². The fourth-order valence-corrected chi connectivity index (χ4v) is 2.65. The molecule has 0 aliphatic rings. The average Bonchev–Trinajstić information content (AvgIpc) is 2.49. The molecule has 0 aliphatic carbocycles. The van der Waals surface area contributed by atoms with E-state index in [0.717, 1.165) is 11.3 Å². The second-order valence-corrected chi connectivity index (χ2v) is 8.56. The van der Waals surface area contributed by atoms with Gasteiger partial charge in [0.1, 0.15) is 10.5 Å². The first kappa shape index (κ1) is 17.8. The normalized spacial score (nSPS) is 14.3. The van der Waals surface area contributed by atoms with Gasteiger partial charge in [0.25, 0.3) is 0 Å².